The summed E-state index contributed by atoms with van der Waals surface area (Å²) >= 11 is 5.23. The lowest BCUT2D eigenvalue weighted by molar-refractivity contribution is 0.554. The third-order valence-corrected chi connectivity index (χ3v) is 1.24. The second kappa shape index (κ2) is 5.39. The standard InChI is InChI=1S/C6H14ClN/c1-6(2)4-3-5-8-7/h6,8H,3-5H2,1-2H3. The topological polar surface area (TPSA) is 12.0 Å². The van der Waals surface area contributed by atoms with E-state index in [1.165, 1.54) is 12.8 Å². The highest BCUT2D eigenvalue weighted by Gasteiger charge is 1.90. The average Bonchev–Trinajstić information content (AvgIpc) is 1.66. The normalized spacial score (nSPS) is 10.5. The Morgan fingerprint density at radius 3 is 2.50 bits per heavy atom. The Morgan fingerprint density at radius 1 is 1.50 bits per heavy atom. The van der Waals surface area contributed by atoms with Crippen LogP contribution in [-0.4, -0.2) is 6.54 Å². The molecule has 0 spiro atoms. The van der Waals surface area contributed by atoms with Crippen LogP contribution in [0.15, 0.2) is 0 Å². The maximum atomic E-state index is 5.23. The van der Waals surface area contributed by atoms with E-state index in [9.17, 15) is 0 Å². The monoisotopic (exact) mass is 135 g/mol. The molecule has 0 atom stereocenters. The van der Waals surface area contributed by atoms with Gasteiger partial charge in [-0.15, -0.1) is 0 Å². The third kappa shape index (κ3) is 6.25. The van der Waals surface area contributed by atoms with E-state index in [4.69, 9.17) is 11.8 Å². The Hall–Kier alpha value is 0.250. The fourth-order valence-electron chi connectivity index (χ4n) is 0.577. The van der Waals surface area contributed by atoms with Crippen LogP contribution in [0.4, 0.5) is 0 Å². The fourth-order valence-corrected chi connectivity index (χ4v) is 0.711. The maximum absolute atomic E-state index is 5.23. The van der Waals surface area contributed by atoms with Crippen LogP contribution in [0.1, 0.15) is 26.7 Å². The second-order valence-electron chi connectivity index (χ2n) is 2.42. The van der Waals surface area contributed by atoms with Gasteiger partial charge in [0.1, 0.15) is 0 Å². The summed E-state index contributed by atoms with van der Waals surface area (Å²) in [6.45, 7) is 5.36. The fraction of sp³-hybridized carbons (Fsp3) is 1.00. The predicted octanol–water partition coefficient (Wildman–Crippen LogP) is 2.17. The smallest absolute Gasteiger partial charge is 0.0108 e. The van der Waals surface area contributed by atoms with Crippen molar-refractivity contribution in [2.24, 2.45) is 5.92 Å². The zero-order valence-corrected chi connectivity index (χ0v) is 6.33. The Bertz CT molecular complexity index is 45.8. The molecule has 2 heteroatoms. The third-order valence-electron chi connectivity index (χ3n) is 1.05. The lowest BCUT2D eigenvalue weighted by Crippen LogP contribution is -2.01. The summed E-state index contributed by atoms with van der Waals surface area (Å²) in [4.78, 5) is 2.60. The van der Waals surface area contributed by atoms with E-state index in [0.717, 1.165) is 12.5 Å². The molecule has 1 nitrogen and oxygen atoms in total. The minimum Gasteiger partial charge on any atom is -0.234 e. The van der Waals surface area contributed by atoms with Crippen LogP contribution in [0.25, 0.3) is 0 Å². The first-order valence-electron chi connectivity index (χ1n) is 3.11. The first-order chi connectivity index (χ1) is 3.77. The Balaban J connectivity index is 2.72. The van der Waals surface area contributed by atoms with E-state index >= 15 is 0 Å². The second-order valence-corrected chi connectivity index (χ2v) is 2.69. The largest absolute Gasteiger partial charge is 0.234 e. The van der Waals surface area contributed by atoms with Gasteiger partial charge in [-0.1, -0.05) is 13.8 Å². The molecule has 8 heavy (non-hydrogen) atoms. The van der Waals surface area contributed by atoms with Crippen LogP contribution in [0.3, 0.4) is 0 Å². The van der Waals surface area contributed by atoms with E-state index < -0.39 is 0 Å². The van der Waals surface area contributed by atoms with Gasteiger partial charge in [-0.3, -0.25) is 0 Å². The summed E-state index contributed by atoms with van der Waals surface area (Å²) in [6.07, 6.45) is 2.45. The van der Waals surface area contributed by atoms with Gasteiger partial charge < -0.3 is 0 Å². The number of nitrogens with one attached hydrogen (secondary N) is 1. The molecule has 0 saturated heterocycles. The summed E-state index contributed by atoms with van der Waals surface area (Å²) in [5, 5.41) is 0. The molecule has 0 aromatic rings. The van der Waals surface area contributed by atoms with E-state index in [1.807, 2.05) is 0 Å². The maximum Gasteiger partial charge on any atom is 0.0108 e. The van der Waals surface area contributed by atoms with Crippen LogP contribution in [0, 0.1) is 5.92 Å². The molecule has 0 saturated carbocycles. The summed E-state index contributed by atoms with van der Waals surface area (Å²) in [7, 11) is 0. The zero-order chi connectivity index (χ0) is 6.41. The number of halogens is 1. The zero-order valence-electron chi connectivity index (χ0n) is 5.58. The number of hydrogen-bond donors (Lipinski definition) is 1. The van der Waals surface area contributed by atoms with Crippen molar-refractivity contribution in [3.63, 3.8) is 0 Å². The van der Waals surface area contributed by atoms with Crippen LogP contribution < -0.4 is 4.84 Å². The van der Waals surface area contributed by atoms with Gasteiger partial charge in [-0.05, 0) is 30.5 Å². The highest BCUT2D eigenvalue weighted by atomic mass is 35.5. The molecule has 50 valence electrons. The Labute approximate surface area is 56.5 Å². The van der Waals surface area contributed by atoms with Crippen molar-refractivity contribution in [2.45, 2.75) is 26.7 Å². The van der Waals surface area contributed by atoms with E-state index in [-0.39, 0.29) is 0 Å². The molecule has 0 heterocycles. The van der Waals surface area contributed by atoms with Crippen LogP contribution in [0.2, 0.25) is 0 Å². The molecule has 0 bridgehead atoms. The van der Waals surface area contributed by atoms with Crippen molar-refractivity contribution in [3.8, 4) is 0 Å². The predicted molar refractivity (Wildman–Crippen MR) is 37.9 cm³/mol. The Kier molecular flexibility index (Phi) is 5.56. The summed E-state index contributed by atoms with van der Waals surface area (Å²) < 4.78 is 0. The quantitative estimate of drug-likeness (QED) is 0.460. The molecular formula is C6H14ClN. The van der Waals surface area contributed by atoms with Crippen molar-refractivity contribution in [1.29, 1.82) is 0 Å². The highest BCUT2D eigenvalue weighted by molar-refractivity contribution is 6.13. The van der Waals surface area contributed by atoms with Gasteiger partial charge in [-0.25, -0.2) is 4.84 Å². The lowest BCUT2D eigenvalue weighted by atomic mass is 10.1. The molecule has 0 aliphatic rings. The molecule has 0 radical (unpaired) electrons. The summed E-state index contributed by atoms with van der Waals surface area (Å²) in [5.41, 5.74) is 0. The molecule has 0 unspecified atom stereocenters. The van der Waals surface area contributed by atoms with Crippen molar-refractivity contribution < 1.29 is 0 Å². The molecule has 0 aliphatic heterocycles. The molecule has 0 aromatic heterocycles. The first-order valence-corrected chi connectivity index (χ1v) is 3.48. The van der Waals surface area contributed by atoms with Crippen LogP contribution >= 0.6 is 11.8 Å². The van der Waals surface area contributed by atoms with Crippen molar-refractivity contribution in [1.82, 2.24) is 4.84 Å². The molecule has 0 aromatic carbocycles. The molecule has 1 N–H and O–H groups in total. The minimum absolute atomic E-state index is 0.806. The van der Waals surface area contributed by atoms with Gasteiger partial charge in [0.2, 0.25) is 0 Å². The summed E-state index contributed by atoms with van der Waals surface area (Å²) in [6, 6.07) is 0. The van der Waals surface area contributed by atoms with Gasteiger partial charge in [0, 0.05) is 6.54 Å². The van der Waals surface area contributed by atoms with Gasteiger partial charge >= 0.3 is 0 Å². The van der Waals surface area contributed by atoms with E-state index in [1.54, 1.807) is 0 Å². The van der Waals surface area contributed by atoms with Gasteiger partial charge in [0.05, 0.1) is 0 Å². The SMILES string of the molecule is CC(C)CCCNCl. The number of hydrogen-bond acceptors (Lipinski definition) is 1. The molecule has 0 aliphatic carbocycles. The van der Waals surface area contributed by atoms with E-state index in [0.29, 0.717) is 0 Å². The molecule has 0 amide bonds. The van der Waals surface area contributed by atoms with Crippen molar-refractivity contribution in [3.05, 3.63) is 0 Å². The summed E-state index contributed by atoms with van der Waals surface area (Å²) in [5.74, 6) is 0.806. The highest BCUT2D eigenvalue weighted by Crippen LogP contribution is 2.01. The van der Waals surface area contributed by atoms with Crippen molar-refractivity contribution in [2.75, 3.05) is 6.54 Å². The van der Waals surface area contributed by atoms with Crippen molar-refractivity contribution >= 4 is 11.8 Å². The first kappa shape index (κ1) is 8.25. The minimum atomic E-state index is 0.806. The van der Waals surface area contributed by atoms with Crippen LogP contribution in [0.5, 0.6) is 0 Å². The molecule has 0 rings (SSSR count). The molecule has 0 fully saturated rings. The average molecular weight is 136 g/mol. The lowest BCUT2D eigenvalue weighted by Gasteiger charge is -2.00. The molecular weight excluding hydrogens is 122 g/mol. The van der Waals surface area contributed by atoms with Gasteiger partial charge in [0.25, 0.3) is 0 Å². The van der Waals surface area contributed by atoms with Crippen LogP contribution in [-0.2, 0) is 0 Å². The van der Waals surface area contributed by atoms with E-state index in [2.05, 4.69) is 18.7 Å². The van der Waals surface area contributed by atoms with Gasteiger partial charge in [0.15, 0.2) is 0 Å². The number of rotatable bonds is 4. The van der Waals surface area contributed by atoms with Gasteiger partial charge in [-0.2, -0.15) is 0 Å². The Morgan fingerprint density at radius 2 is 2.12 bits per heavy atom.